The van der Waals surface area contributed by atoms with Crippen LogP contribution in [0.2, 0.25) is 5.02 Å². The molecule has 2 rings (SSSR count). The second-order valence-corrected chi connectivity index (χ2v) is 8.30. The molecular weight excluding hydrogens is 431 g/mol. The Kier molecular flexibility index (Phi) is 8.68. The van der Waals surface area contributed by atoms with Crippen LogP contribution in [0, 0.1) is 12.7 Å². The third kappa shape index (κ3) is 7.35. The number of ether oxygens (including phenoxy) is 1. The second-order valence-electron chi connectivity index (χ2n) is 6.54. The van der Waals surface area contributed by atoms with E-state index in [4.69, 9.17) is 16.3 Å². The van der Waals surface area contributed by atoms with Gasteiger partial charge in [0.05, 0.1) is 5.75 Å². The molecule has 0 radical (unpaired) electrons. The van der Waals surface area contributed by atoms with E-state index in [9.17, 15) is 18.8 Å². The van der Waals surface area contributed by atoms with Gasteiger partial charge in [-0.25, -0.2) is 4.39 Å². The first-order valence-corrected chi connectivity index (χ1v) is 10.5. The largest absolute Gasteiger partial charge is 0.452 e. The summed E-state index contributed by atoms with van der Waals surface area (Å²) in [6.45, 7) is 4.87. The van der Waals surface area contributed by atoms with Crippen molar-refractivity contribution in [2.24, 2.45) is 0 Å². The van der Waals surface area contributed by atoms with E-state index in [1.165, 1.54) is 31.2 Å². The third-order valence-corrected chi connectivity index (χ3v) is 5.40. The molecule has 6 nitrogen and oxygen atoms in total. The first-order valence-electron chi connectivity index (χ1n) is 9.10. The van der Waals surface area contributed by atoms with Crippen molar-refractivity contribution < 1.29 is 23.5 Å². The van der Waals surface area contributed by atoms with Gasteiger partial charge in [-0.05, 0) is 62.7 Å². The molecule has 0 fully saturated rings. The molecule has 0 aliphatic carbocycles. The van der Waals surface area contributed by atoms with Crippen molar-refractivity contribution >= 4 is 52.5 Å². The monoisotopic (exact) mass is 452 g/mol. The van der Waals surface area contributed by atoms with E-state index in [2.05, 4.69) is 10.6 Å². The standard InChI is InChI=1S/C21H22ClFN2O4S/c1-12-4-5-15(22)10-18(12)25-20(27)13(2)29-21(28)14(3)30-11-19(26)24-17-8-6-16(23)7-9-17/h4-10,13-14H,11H2,1-3H3,(H,24,26)(H,25,27). The Morgan fingerprint density at radius 2 is 1.77 bits per heavy atom. The molecule has 0 aromatic heterocycles. The lowest BCUT2D eigenvalue weighted by atomic mass is 10.2. The zero-order valence-corrected chi connectivity index (χ0v) is 18.3. The number of carbonyl (C=O) groups is 3. The molecule has 2 aromatic rings. The molecule has 2 amide bonds. The molecule has 30 heavy (non-hydrogen) atoms. The lowest BCUT2D eigenvalue weighted by Gasteiger charge is -2.17. The first kappa shape index (κ1) is 23.7. The van der Waals surface area contributed by atoms with Crippen molar-refractivity contribution in [3.05, 3.63) is 58.9 Å². The zero-order valence-electron chi connectivity index (χ0n) is 16.7. The van der Waals surface area contributed by atoms with Crippen molar-refractivity contribution in [2.45, 2.75) is 32.1 Å². The summed E-state index contributed by atoms with van der Waals surface area (Å²) in [6.07, 6.45) is -1.02. The Morgan fingerprint density at radius 3 is 2.43 bits per heavy atom. The van der Waals surface area contributed by atoms with E-state index in [0.29, 0.717) is 16.4 Å². The third-order valence-electron chi connectivity index (χ3n) is 4.04. The molecule has 2 unspecified atom stereocenters. The van der Waals surface area contributed by atoms with Gasteiger partial charge in [-0.2, -0.15) is 0 Å². The van der Waals surface area contributed by atoms with E-state index >= 15 is 0 Å². The highest BCUT2D eigenvalue weighted by atomic mass is 35.5. The predicted octanol–water partition coefficient (Wildman–Crippen LogP) is 4.42. The van der Waals surface area contributed by atoms with Crippen LogP contribution in [0.15, 0.2) is 42.5 Å². The number of anilines is 2. The number of benzene rings is 2. The number of nitrogens with one attached hydrogen (secondary N) is 2. The Balaban J connectivity index is 1.79. The van der Waals surface area contributed by atoms with Gasteiger partial charge in [0.15, 0.2) is 6.10 Å². The van der Waals surface area contributed by atoms with Gasteiger partial charge in [-0.3, -0.25) is 14.4 Å². The van der Waals surface area contributed by atoms with Crippen molar-refractivity contribution in [1.29, 1.82) is 0 Å². The summed E-state index contributed by atoms with van der Waals surface area (Å²) in [4.78, 5) is 36.5. The van der Waals surface area contributed by atoms with Gasteiger partial charge in [-0.15, -0.1) is 11.8 Å². The molecule has 9 heteroatoms. The molecule has 0 bridgehead atoms. The smallest absolute Gasteiger partial charge is 0.319 e. The summed E-state index contributed by atoms with van der Waals surface area (Å²) < 4.78 is 18.1. The Morgan fingerprint density at radius 1 is 1.10 bits per heavy atom. The Labute approximate surface area is 183 Å². The fourth-order valence-corrected chi connectivity index (χ4v) is 3.12. The van der Waals surface area contributed by atoms with Crippen LogP contribution in [0.3, 0.4) is 0 Å². The van der Waals surface area contributed by atoms with E-state index in [0.717, 1.165) is 17.3 Å². The van der Waals surface area contributed by atoms with Gasteiger partial charge in [0.1, 0.15) is 11.1 Å². The average Bonchev–Trinajstić information content (AvgIpc) is 2.70. The summed E-state index contributed by atoms with van der Waals surface area (Å²) in [5.74, 6) is -1.84. The second kappa shape index (κ2) is 11.0. The van der Waals surface area contributed by atoms with Crippen molar-refractivity contribution in [3.63, 3.8) is 0 Å². The van der Waals surface area contributed by atoms with Gasteiger partial charge in [0.2, 0.25) is 5.91 Å². The molecule has 0 saturated carbocycles. The summed E-state index contributed by atoms with van der Waals surface area (Å²) in [7, 11) is 0. The fourth-order valence-electron chi connectivity index (χ4n) is 2.29. The van der Waals surface area contributed by atoms with E-state index in [1.807, 2.05) is 6.92 Å². The van der Waals surface area contributed by atoms with E-state index < -0.39 is 29.0 Å². The van der Waals surface area contributed by atoms with Crippen LogP contribution >= 0.6 is 23.4 Å². The summed E-state index contributed by atoms with van der Waals surface area (Å²) >= 11 is 7.00. The molecule has 0 spiro atoms. The SMILES string of the molecule is Cc1ccc(Cl)cc1NC(=O)C(C)OC(=O)C(C)SCC(=O)Nc1ccc(F)cc1. The van der Waals surface area contributed by atoms with Crippen LogP contribution in [0.5, 0.6) is 0 Å². The maximum absolute atomic E-state index is 12.9. The molecule has 0 saturated heterocycles. The number of aryl methyl sites for hydroxylation is 1. The molecular formula is C21H22ClFN2O4S. The number of thioether (sulfide) groups is 1. The van der Waals surface area contributed by atoms with Crippen molar-refractivity contribution in [2.75, 3.05) is 16.4 Å². The van der Waals surface area contributed by atoms with Crippen LogP contribution in [0.25, 0.3) is 0 Å². The minimum absolute atomic E-state index is 0.00404. The summed E-state index contributed by atoms with van der Waals surface area (Å²) in [5, 5.41) is 5.10. The first-order chi connectivity index (χ1) is 14.2. The molecule has 2 N–H and O–H groups in total. The van der Waals surface area contributed by atoms with E-state index in [-0.39, 0.29) is 11.7 Å². The molecule has 160 valence electrons. The highest BCUT2D eigenvalue weighted by Gasteiger charge is 2.23. The van der Waals surface area contributed by atoms with Gasteiger partial charge >= 0.3 is 5.97 Å². The van der Waals surface area contributed by atoms with Crippen LogP contribution in [0.4, 0.5) is 15.8 Å². The average molecular weight is 453 g/mol. The number of hydrogen-bond acceptors (Lipinski definition) is 5. The quantitative estimate of drug-likeness (QED) is 0.579. The number of carbonyl (C=O) groups excluding carboxylic acids is 3. The highest BCUT2D eigenvalue weighted by Crippen LogP contribution is 2.21. The van der Waals surface area contributed by atoms with Crippen LogP contribution in [-0.2, 0) is 19.1 Å². The maximum atomic E-state index is 12.9. The lowest BCUT2D eigenvalue weighted by Crippen LogP contribution is -2.33. The van der Waals surface area contributed by atoms with Gasteiger partial charge in [0, 0.05) is 16.4 Å². The van der Waals surface area contributed by atoms with Gasteiger partial charge in [0.25, 0.3) is 5.91 Å². The number of amides is 2. The van der Waals surface area contributed by atoms with Crippen LogP contribution < -0.4 is 10.6 Å². The molecule has 0 aliphatic heterocycles. The summed E-state index contributed by atoms with van der Waals surface area (Å²) in [5.41, 5.74) is 1.82. The molecule has 0 aliphatic rings. The Hall–Kier alpha value is -2.58. The van der Waals surface area contributed by atoms with Crippen molar-refractivity contribution in [1.82, 2.24) is 0 Å². The number of esters is 1. The summed E-state index contributed by atoms with van der Waals surface area (Å²) in [6, 6.07) is 10.4. The fraction of sp³-hybridized carbons (Fsp3) is 0.286. The maximum Gasteiger partial charge on any atom is 0.319 e. The van der Waals surface area contributed by atoms with Gasteiger partial charge in [-0.1, -0.05) is 17.7 Å². The molecule has 0 heterocycles. The van der Waals surface area contributed by atoms with Crippen molar-refractivity contribution in [3.8, 4) is 0 Å². The number of rotatable bonds is 8. The Bertz CT molecular complexity index is 924. The zero-order chi connectivity index (χ0) is 22.3. The molecule has 2 atom stereocenters. The lowest BCUT2D eigenvalue weighted by molar-refractivity contribution is -0.152. The van der Waals surface area contributed by atoms with Crippen LogP contribution in [-0.4, -0.2) is 34.9 Å². The van der Waals surface area contributed by atoms with E-state index in [1.54, 1.807) is 25.1 Å². The number of halogens is 2. The molecule has 2 aromatic carbocycles. The normalized spacial score (nSPS) is 12.6. The number of hydrogen-bond donors (Lipinski definition) is 2. The highest BCUT2D eigenvalue weighted by molar-refractivity contribution is 8.01. The van der Waals surface area contributed by atoms with Crippen LogP contribution in [0.1, 0.15) is 19.4 Å². The topological polar surface area (TPSA) is 84.5 Å². The minimum Gasteiger partial charge on any atom is -0.452 e. The van der Waals surface area contributed by atoms with Gasteiger partial charge < -0.3 is 15.4 Å². The minimum atomic E-state index is -1.02. The predicted molar refractivity (Wildman–Crippen MR) is 117 cm³/mol.